The van der Waals surface area contributed by atoms with Crippen LogP contribution in [-0.4, -0.2) is 65.1 Å². The summed E-state index contributed by atoms with van der Waals surface area (Å²) in [4.78, 5) is 40.4. The smallest absolute Gasteiger partial charge is 0.256 e. The Morgan fingerprint density at radius 1 is 1.30 bits per heavy atom. The lowest BCUT2D eigenvalue weighted by Crippen LogP contribution is -2.60. The molecule has 8 nitrogen and oxygen atoms in total. The SMILES string of the molecule is CCC(NC(=O)C(C)(C)N)C(=O)N1CCC2=NN(C)C(=O)C2(Cc2ccccc2)C1. The molecule has 8 heteroatoms. The molecule has 3 rings (SSSR count). The summed E-state index contributed by atoms with van der Waals surface area (Å²) in [6.45, 7) is 5.77. The lowest BCUT2D eigenvalue weighted by molar-refractivity contribution is -0.142. The van der Waals surface area contributed by atoms with Crippen molar-refractivity contribution in [3.8, 4) is 0 Å². The lowest BCUT2D eigenvalue weighted by atomic mass is 9.73. The number of fused-ring (bicyclic) bond motifs is 1. The first-order valence-electron chi connectivity index (χ1n) is 10.4. The molecule has 2 unspecified atom stereocenters. The molecule has 1 aromatic carbocycles. The molecule has 0 aromatic heterocycles. The van der Waals surface area contributed by atoms with Crippen LogP contribution < -0.4 is 11.1 Å². The number of carbonyl (C=O) groups is 3. The van der Waals surface area contributed by atoms with Crippen molar-refractivity contribution in [2.45, 2.75) is 51.6 Å². The number of benzene rings is 1. The number of nitrogens with zero attached hydrogens (tertiary/aromatic N) is 3. The maximum absolute atomic E-state index is 13.3. The average molecular weight is 414 g/mol. The van der Waals surface area contributed by atoms with E-state index in [0.29, 0.717) is 25.8 Å². The minimum atomic E-state index is -1.08. The van der Waals surface area contributed by atoms with Crippen molar-refractivity contribution in [2.24, 2.45) is 16.3 Å². The Balaban J connectivity index is 1.84. The molecule has 0 bridgehead atoms. The molecule has 162 valence electrons. The molecule has 2 heterocycles. The Labute approximate surface area is 177 Å². The van der Waals surface area contributed by atoms with Crippen molar-refractivity contribution in [1.82, 2.24) is 15.2 Å². The van der Waals surface area contributed by atoms with Crippen molar-refractivity contribution >= 4 is 23.4 Å². The minimum Gasteiger partial charge on any atom is -0.343 e. The Kier molecular flexibility index (Phi) is 5.99. The third-order valence-electron chi connectivity index (χ3n) is 5.86. The molecule has 1 fully saturated rings. The Morgan fingerprint density at radius 3 is 2.57 bits per heavy atom. The number of nitrogens with two attached hydrogens (primary N) is 1. The zero-order chi connectivity index (χ0) is 22.1. The summed E-state index contributed by atoms with van der Waals surface area (Å²) in [5.74, 6) is -0.666. The zero-order valence-electron chi connectivity index (χ0n) is 18.1. The number of hydrogen-bond donors (Lipinski definition) is 2. The number of nitrogens with one attached hydrogen (secondary N) is 1. The van der Waals surface area contributed by atoms with Gasteiger partial charge in [0.2, 0.25) is 11.8 Å². The van der Waals surface area contributed by atoms with E-state index in [1.54, 1.807) is 25.8 Å². The largest absolute Gasteiger partial charge is 0.343 e. The van der Waals surface area contributed by atoms with Gasteiger partial charge in [-0.1, -0.05) is 37.3 Å². The summed E-state index contributed by atoms with van der Waals surface area (Å²) >= 11 is 0. The second-order valence-electron chi connectivity index (χ2n) is 8.79. The van der Waals surface area contributed by atoms with Gasteiger partial charge in [-0.15, -0.1) is 0 Å². The fourth-order valence-electron chi connectivity index (χ4n) is 4.12. The number of piperidine rings is 1. The topological polar surface area (TPSA) is 108 Å². The van der Waals surface area contributed by atoms with Crippen LogP contribution in [0.1, 0.15) is 39.2 Å². The molecule has 0 saturated carbocycles. The van der Waals surface area contributed by atoms with Crippen molar-refractivity contribution in [3.05, 3.63) is 35.9 Å². The lowest BCUT2D eigenvalue weighted by Gasteiger charge is -2.40. The van der Waals surface area contributed by atoms with E-state index in [1.165, 1.54) is 5.01 Å². The van der Waals surface area contributed by atoms with Crippen LogP contribution in [0.25, 0.3) is 0 Å². The monoisotopic (exact) mass is 413 g/mol. The standard InChI is InChI=1S/C22H31N5O3/c1-5-16(24-19(29)21(2,3)23)18(28)27-12-11-17-22(14-27,20(30)26(4)25-17)13-15-9-7-6-8-10-15/h6-10,16H,5,11-14,23H2,1-4H3,(H,24,29). The minimum absolute atomic E-state index is 0.0981. The van der Waals surface area contributed by atoms with E-state index in [-0.39, 0.29) is 24.3 Å². The molecule has 1 saturated heterocycles. The van der Waals surface area contributed by atoms with Crippen LogP contribution in [0.2, 0.25) is 0 Å². The molecule has 2 aliphatic rings. The summed E-state index contributed by atoms with van der Waals surface area (Å²) in [5.41, 5.74) is 5.78. The van der Waals surface area contributed by atoms with Crippen molar-refractivity contribution < 1.29 is 14.4 Å². The van der Waals surface area contributed by atoms with Gasteiger partial charge >= 0.3 is 0 Å². The predicted molar refractivity (Wildman–Crippen MR) is 114 cm³/mol. The Hall–Kier alpha value is -2.74. The third-order valence-corrected chi connectivity index (χ3v) is 5.86. The average Bonchev–Trinajstić information content (AvgIpc) is 2.95. The molecule has 2 aliphatic heterocycles. The molecule has 0 radical (unpaired) electrons. The van der Waals surface area contributed by atoms with Gasteiger partial charge in [0.15, 0.2) is 0 Å². The van der Waals surface area contributed by atoms with Crippen molar-refractivity contribution in [1.29, 1.82) is 0 Å². The van der Waals surface area contributed by atoms with Crippen LogP contribution in [0.5, 0.6) is 0 Å². The van der Waals surface area contributed by atoms with Crippen LogP contribution in [-0.2, 0) is 20.8 Å². The molecule has 30 heavy (non-hydrogen) atoms. The number of likely N-dealkylation sites (tertiary alicyclic amines) is 1. The van der Waals surface area contributed by atoms with E-state index in [2.05, 4.69) is 10.4 Å². The highest BCUT2D eigenvalue weighted by Gasteiger charge is 2.53. The first-order chi connectivity index (χ1) is 14.1. The predicted octanol–water partition coefficient (Wildman–Crippen LogP) is 0.908. The van der Waals surface area contributed by atoms with Crippen LogP contribution in [0.3, 0.4) is 0 Å². The highest BCUT2D eigenvalue weighted by atomic mass is 16.2. The van der Waals surface area contributed by atoms with Gasteiger partial charge in [-0.25, -0.2) is 5.01 Å². The van der Waals surface area contributed by atoms with E-state index in [4.69, 9.17) is 5.73 Å². The third kappa shape index (κ3) is 4.09. The van der Waals surface area contributed by atoms with Gasteiger partial charge in [-0.05, 0) is 32.3 Å². The normalized spacial score (nSPS) is 22.4. The molecule has 2 atom stereocenters. The van der Waals surface area contributed by atoms with Crippen molar-refractivity contribution in [2.75, 3.05) is 20.1 Å². The summed E-state index contributed by atoms with van der Waals surface area (Å²) in [5, 5.41) is 8.63. The van der Waals surface area contributed by atoms with E-state index in [9.17, 15) is 14.4 Å². The van der Waals surface area contributed by atoms with E-state index in [1.807, 2.05) is 37.3 Å². The quantitative estimate of drug-likeness (QED) is 0.722. The highest BCUT2D eigenvalue weighted by Crippen LogP contribution is 2.38. The first-order valence-corrected chi connectivity index (χ1v) is 10.4. The fraction of sp³-hybridized carbons (Fsp3) is 0.545. The van der Waals surface area contributed by atoms with Crippen LogP contribution in [0, 0.1) is 5.41 Å². The Bertz CT molecular complexity index is 861. The zero-order valence-corrected chi connectivity index (χ0v) is 18.1. The number of amides is 3. The summed E-state index contributed by atoms with van der Waals surface area (Å²) in [7, 11) is 1.66. The second kappa shape index (κ2) is 8.18. The Morgan fingerprint density at radius 2 is 1.97 bits per heavy atom. The highest BCUT2D eigenvalue weighted by molar-refractivity contribution is 6.13. The molecular weight excluding hydrogens is 382 g/mol. The maximum atomic E-state index is 13.3. The van der Waals surface area contributed by atoms with Gasteiger partial charge in [0.25, 0.3) is 5.91 Å². The number of hydrazone groups is 1. The maximum Gasteiger partial charge on any atom is 0.256 e. The first kappa shape index (κ1) is 22.0. The molecule has 0 aliphatic carbocycles. The van der Waals surface area contributed by atoms with Gasteiger partial charge in [-0.3, -0.25) is 14.4 Å². The molecule has 0 spiro atoms. The van der Waals surface area contributed by atoms with Gasteiger partial charge in [-0.2, -0.15) is 5.10 Å². The van der Waals surface area contributed by atoms with E-state index >= 15 is 0 Å². The van der Waals surface area contributed by atoms with Crippen molar-refractivity contribution in [3.63, 3.8) is 0 Å². The molecule has 3 N–H and O–H groups in total. The van der Waals surface area contributed by atoms with Gasteiger partial charge in [0.1, 0.15) is 11.5 Å². The molecular formula is C22H31N5O3. The van der Waals surface area contributed by atoms with Gasteiger partial charge in [0, 0.05) is 26.6 Å². The van der Waals surface area contributed by atoms with Crippen LogP contribution in [0.15, 0.2) is 35.4 Å². The summed E-state index contributed by atoms with van der Waals surface area (Å²) in [6, 6.07) is 9.10. The summed E-state index contributed by atoms with van der Waals surface area (Å²) < 4.78 is 0. The van der Waals surface area contributed by atoms with Gasteiger partial charge in [0.05, 0.1) is 11.3 Å². The summed E-state index contributed by atoms with van der Waals surface area (Å²) in [6.07, 6.45) is 1.46. The number of carbonyl (C=O) groups excluding carboxylic acids is 3. The van der Waals surface area contributed by atoms with E-state index < -0.39 is 17.0 Å². The molecule has 3 amide bonds. The van der Waals surface area contributed by atoms with E-state index in [0.717, 1.165) is 11.3 Å². The number of rotatable bonds is 6. The second-order valence-corrected chi connectivity index (χ2v) is 8.79. The molecule has 1 aromatic rings. The fourth-order valence-corrected chi connectivity index (χ4v) is 4.12. The van der Waals surface area contributed by atoms with Gasteiger partial charge < -0.3 is 16.0 Å². The van der Waals surface area contributed by atoms with Crippen LogP contribution in [0.4, 0.5) is 0 Å². The van der Waals surface area contributed by atoms with Crippen LogP contribution >= 0.6 is 0 Å². The number of hydrogen-bond acceptors (Lipinski definition) is 5.